The van der Waals surface area contributed by atoms with Crippen molar-refractivity contribution < 1.29 is 9.47 Å². The summed E-state index contributed by atoms with van der Waals surface area (Å²) < 4.78 is 12.3. The van der Waals surface area contributed by atoms with Gasteiger partial charge in [-0.05, 0) is 45.2 Å². The molecule has 0 radical (unpaired) electrons. The smallest absolute Gasteiger partial charge is 0.141 e. The molecule has 20 heavy (non-hydrogen) atoms. The normalized spacial score (nSPS) is 18.1. The van der Waals surface area contributed by atoms with Gasteiger partial charge in [-0.2, -0.15) is 0 Å². The summed E-state index contributed by atoms with van der Waals surface area (Å²) >= 11 is 0. The molecule has 1 unspecified atom stereocenters. The van der Waals surface area contributed by atoms with E-state index in [1.54, 1.807) is 0 Å². The van der Waals surface area contributed by atoms with Gasteiger partial charge >= 0.3 is 0 Å². The number of allylic oxidation sites excluding steroid dienone is 1. The van der Waals surface area contributed by atoms with E-state index in [4.69, 9.17) is 9.47 Å². The first-order chi connectivity index (χ1) is 9.54. The second-order valence-electron chi connectivity index (χ2n) is 5.91. The van der Waals surface area contributed by atoms with Crippen LogP contribution in [0.15, 0.2) is 30.0 Å². The Labute approximate surface area is 122 Å². The van der Waals surface area contributed by atoms with Gasteiger partial charge in [0.1, 0.15) is 11.9 Å². The van der Waals surface area contributed by atoms with Crippen LogP contribution in [-0.2, 0) is 9.47 Å². The third kappa shape index (κ3) is 3.06. The summed E-state index contributed by atoms with van der Waals surface area (Å²) in [6, 6.07) is 8.53. The minimum Gasteiger partial charge on any atom is -0.492 e. The van der Waals surface area contributed by atoms with Gasteiger partial charge in [-0.3, -0.25) is 0 Å². The fourth-order valence-electron chi connectivity index (χ4n) is 2.73. The molecule has 0 spiro atoms. The Balaban J connectivity index is 2.45. The van der Waals surface area contributed by atoms with E-state index in [2.05, 4.69) is 58.9 Å². The maximum atomic E-state index is 6.14. The zero-order valence-corrected chi connectivity index (χ0v) is 13.3. The zero-order valence-electron chi connectivity index (χ0n) is 13.3. The highest BCUT2D eigenvalue weighted by atomic mass is 16.5. The molecule has 1 atom stereocenters. The van der Waals surface area contributed by atoms with Crippen LogP contribution >= 0.6 is 0 Å². The van der Waals surface area contributed by atoms with Gasteiger partial charge in [-0.15, -0.1) is 0 Å². The van der Waals surface area contributed by atoms with Crippen molar-refractivity contribution in [2.24, 2.45) is 0 Å². The Morgan fingerprint density at radius 3 is 2.35 bits per heavy atom. The van der Waals surface area contributed by atoms with Gasteiger partial charge in [0.15, 0.2) is 0 Å². The van der Waals surface area contributed by atoms with E-state index in [0.717, 1.165) is 18.6 Å². The molecular weight excluding hydrogens is 248 g/mol. The molecule has 1 aromatic rings. The fraction of sp³-hybridized carbons (Fsp3) is 0.556. The van der Waals surface area contributed by atoms with Gasteiger partial charge in [0.25, 0.3) is 0 Å². The lowest BCUT2D eigenvalue weighted by molar-refractivity contribution is -0.0146. The number of hydrogen-bond acceptors (Lipinski definition) is 2. The summed E-state index contributed by atoms with van der Waals surface area (Å²) in [5.74, 6) is 1.02. The molecule has 2 heteroatoms. The molecule has 0 heterocycles. The molecule has 2 rings (SSSR count). The Kier molecular flexibility index (Phi) is 4.87. The van der Waals surface area contributed by atoms with E-state index >= 15 is 0 Å². The van der Waals surface area contributed by atoms with Gasteiger partial charge in [-0.1, -0.05) is 37.6 Å². The molecule has 0 saturated carbocycles. The van der Waals surface area contributed by atoms with Crippen LogP contribution in [0.4, 0.5) is 0 Å². The van der Waals surface area contributed by atoms with Crippen molar-refractivity contribution in [3.05, 3.63) is 41.2 Å². The Hall–Kier alpha value is -1.28. The van der Waals surface area contributed by atoms with Gasteiger partial charge in [0.05, 0.1) is 12.2 Å². The van der Waals surface area contributed by atoms with E-state index < -0.39 is 0 Å². The fourth-order valence-corrected chi connectivity index (χ4v) is 2.73. The van der Waals surface area contributed by atoms with Gasteiger partial charge < -0.3 is 9.47 Å². The molecule has 0 saturated heterocycles. The van der Waals surface area contributed by atoms with Gasteiger partial charge in [-0.25, -0.2) is 0 Å². The lowest BCUT2D eigenvalue weighted by Gasteiger charge is -2.22. The SMILES string of the molecule is CCCC1=C(OC(C)C)C(OC(C)C)c2ccccc21. The molecule has 0 N–H and O–H groups in total. The first kappa shape index (κ1) is 15.1. The summed E-state index contributed by atoms with van der Waals surface area (Å²) in [6.07, 6.45) is 2.46. The molecule has 1 aromatic carbocycles. The molecule has 0 aromatic heterocycles. The zero-order chi connectivity index (χ0) is 14.7. The van der Waals surface area contributed by atoms with E-state index in [0.29, 0.717) is 0 Å². The van der Waals surface area contributed by atoms with Crippen molar-refractivity contribution >= 4 is 5.57 Å². The first-order valence-electron chi connectivity index (χ1n) is 7.69. The topological polar surface area (TPSA) is 18.5 Å². The standard InChI is InChI=1S/C18H26O2/c1-6-9-15-14-10-7-8-11-16(14)18(20-13(4)5)17(15)19-12(2)3/h7-8,10-13,18H,6,9H2,1-5H3. The maximum absolute atomic E-state index is 6.14. The van der Waals surface area contributed by atoms with Crippen molar-refractivity contribution in [2.75, 3.05) is 0 Å². The average Bonchev–Trinajstić information content (AvgIpc) is 2.65. The van der Waals surface area contributed by atoms with Crippen molar-refractivity contribution in [2.45, 2.75) is 65.8 Å². The van der Waals surface area contributed by atoms with Gasteiger partial charge in [0, 0.05) is 5.57 Å². The predicted molar refractivity (Wildman–Crippen MR) is 83.5 cm³/mol. The molecule has 110 valence electrons. The highest BCUT2D eigenvalue weighted by Gasteiger charge is 2.33. The molecule has 1 aliphatic carbocycles. The largest absolute Gasteiger partial charge is 0.492 e. The molecule has 1 aliphatic rings. The minimum atomic E-state index is -0.0462. The van der Waals surface area contributed by atoms with Crippen LogP contribution in [0.2, 0.25) is 0 Å². The second-order valence-corrected chi connectivity index (χ2v) is 5.91. The van der Waals surface area contributed by atoms with Crippen molar-refractivity contribution in [3.63, 3.8) is 0 Å². The maximum Gasteiger partial charge on any atom is 0.141 e. The van der Waals surface area contributed by atoms with Crippen LogP contribution in [0.5, 0.6) is 0 Å². The molecular formula is C18H26O2. The first-order valence-corrected chi connectivity index (χ1v) is 7.69. The summed E-state index contributed by atoms with van der Waals surface area (Å²) in [5.41, 5.74) is 3.87. The minimum absolute atomic E-state index is 0.0462. The van der Waals surface area contributed by atoms with E-state index in [-0.39, 0.29) is 18.3 Å². The van der Waals surface area contributed by atoms with Crippen LogP contribution in [0.3, 0.4) is 0 Å². The Bertz CT molecular complexity index is 486. The number of rotatable bonds is 6. The highest BCUT2D eigenvalue weighted by Crippen LogP contribution is 2.45. The van der Waals surface area contributed by atoms with E-state index in [1.807, 2.05) is 0 Å². The quantitative estimate of drug-likeness (QED) is 0.718. The summed E-state index contributed by atoms with van der Waals surface area (Å²) in [5, 5.41) is 0. The molecule has 2 nitrogen and oxygen atoms in total. The lowest BCUT2D eigenvalue weighted by atomic mass is 10.0. The monoisotopic (exact) mass is 274 g/mol. The summed E-state index contributed by atoms with van der Waals surface area (Å²) in [7, 11) is 0. The summed E-state index contributed by atoms with van der Waals surface area (Å²) in [6.45, 7) is 10.5. The molecule has 0 fully saturated rings. The van der Waals surface area contributed by atoms with E-state index in [1.165, 1.54) is 16.7 Å². The van der Waals surface area contributed by atoms with Crippen molar-refractivity contribution in [1.82, 2.24) is 0 Å². The van der Waals surface area contributed by atoms with Crippen LogP contribution in [0, 0.1) is 0 Å². The van der Waals surface area contributed by atoms with Crippen LogP contribution in [0.25, 0.3) is 5.57 Å². The highest BCUT2D eigenvalue weighted by molar-refractivity contribution is 5.76. The third-order valence-electron chi connectivity index (χ3n) is 3.37. The van der Waals surface area contributed by atoms with Crippen LogP contribution < -0.4 is 0 Å². The van der Waals surface area contributed by atoms with Crippen molar-refractivity contribution in [3.8, 4) is 0 Å². The van der Waals surface area contributed by atoms with Crippen LogP contribution in [0.1, 0.15) is 64.7 Å². The summed E-state index contributed by atoms with van der Waals surface area (Å²) in [4.78, 5) is 0. The number of hydrogen-bond donors (Lipinski definition) is 0. The van der Waals surface area contributed by atoms with E-state index in [9.17, 15) is 0 Å². The van der Waals surface area contributed by atoms with Crippen LogP contribution in [-0.4, -0.2) is 12.2 Å². The number of ether oxygens (including phenoxy) is 2. The molecule has 0 bridgehead atoms. The predicted octanol–water partition coefficient (Wildman–Crippen LogP) is 5.10. The third-order valence-corrected chi connectivity index (χ3v) is 3.37. The van der Waals surface area contributed by atoms with Gasteiger partial charge in [0.2, 0.25) is 0 Å². The molecule has 0 amide bonds. The Morgan fingerprint density at radius 1 is 1.05 bits per heavy atom. The average molecular weight is 274 g/mol. The Morgan fingerprint density at radius 2 is 1.75 bits per heavy atom. The number of benzene rings is 1. The lowest BCUT2D eigenvalue weighted by Crippen LogP contribution is -2.15. The second kappa shape index (κ2) is 6.45. The number of fused-ring (bicyclic) bond motifs is 1. The van der Waals surface area contributed by atoms with Crippen molar-refractivity contribution in [1.29, 1.82) is 0 Å². The molecule has 0 aliphatic heterocycles.